The summed E-state index contributed by atoms with van der Waals surface area (Å²) in [4.78, 5) is 30.8. The normalized spacial score (nSPS) is 11.4. The number of rotatable bonds is 11. The highest BCUT2D eigenvalue weighted by molar-refractivity contribution is 5.90. The van der Waals surface area contributed by atoms with E-state index in [1.807, 2.05) is 122 Å². The van der Waals surface area contributed by atoms with Crippen molar-refractivity contribution in [3.8, 4) is 0 Å². The molecule has 3 amide bonds. The van der Waals surface area contributed by atoms with Crippen LogP contribution in [0.3, 0.4) is 0 Å². The summed E-state index contributed by atoms with van der Waals surface area (Å²) in [7, 11) is 0. The Labute approximate surface area is 232 Å². The zero-order valence-electron chi connectivity index (χ0n) is 22.8. The quantitative estimate of drug-likeness (QED) is 0.227. The predicted molar refractivity (Wildman–Crippen MR) is 158 cm³/mol. The lowest BCUT2D eigenvalue weighted by atomic mass is 10.1. The van der Waals surface area contributed by atoms with Crippen LogP contribution in [-0.2, 0) is 17.8 Å². The van der Waals surface area contributed by atoms with E-state index in [2.05, 4.69) is 17.4 Å². The molecule has 0 aromatic heterocycles. The number of urea groups is 1. The summed E-state index contributed by atoms with van der Waals surface area (Å²) in [6.45, 7) is 5.46. The maximum absolute atomic E-state index is 13.6. The SMILES string of the molecule is Cc1cccc(NC(=O)N(CCC(=O)N(CCc2ccccc2)Cc2ccccc2)C(C)c2ccccc2)c1. The molecule has 1 unspecified atom stereocenters. The first kappa shape index (κ1) is 27.6. The molecule has 0 aliphatic carbocycles. The highest BCUT2D eigenvalue weighted by Crippen LogP contribution is 2.22. The van der Waals surface area contributed by atoms with Crippen molar-refractivity contribution >= 4 is 17.6 Å². The number of nitrogens with zero attached hydrogens (tertiary/aromatic N) is 2. The number of aryl methyl sites for hydroxylation is 1. The summed E-state index contributed by atoms with van der Waals surface area (Å²) in [6, 6.07) is 37.5. The monoisotopic (exact) mass is 519 g/mol. The molecule has 0 spiro atoms. The highest BCUT2D eigenvalue weighted by atomic mass is 16.2. The van der Waals surface area contributed by atoms with E-state index in [-0.39, 0.29) is 24.4 Å². The van der Waals surface area contributed by atoms with Crippen molar-refractivity contribution in [2.45, 2.75) is 39.3 Å². The second kappa shape index (κ2) is 14.0. The van der Waals surface area contributed by atoms with E-state index in [1.54, 1.807) is 4.90 Å². The molecular weight excluding hydrogens is 482 g/mol. The molecule has 0 fully saturated rings. The molecule has 0 aliphatic heterocycles. The molecular formula is C34H37N3O2. The van der Waals surface area contributed by atoms with Gasteiger partial charge in [-0.1, -0.05) is 103 Å². The third-order valence-corrected chi connectivity index (χ3v) is 6.93. The largest absolute Gasteiger partial charge is 0.338 e. The van der Waals surface area contributed by atoms with Crippen molar-refractivity contribution < 1.29 is 9.59 Å². The second-order valence-corrected chi connectivity index (χ2v) is 9.87. The van der Waals surface area contributed by atoms with Gasteiger partial charge in [-0.05, 0) is 54.7 Å². The van der Waals surface area contributed by atoms with Crippen LogP contribution in [0.5, 0.6) is 0 Å². The van der Waals surface area contributed by atoms with Crippen molar-refractivity contribution in [2.75, 3.05) is 18.4 Å². The maximum atomic E-state index is 13.6. The van der Waals surface area contributed by atoms with Crippen LogP contribution >= 0.6 is 0 Å². The van der Waals surface area contributed by atoms with Gasteiger partial charge in [-0.2, -0.15) is 0 Å². The second-order valence-electron chi connectivity index (χ2n) is 9.87. The lowest BCUT2D eigenvalue weighted by molar-refractivity contribution is -0.132. The van der Waals surface area contributed by atoms with Gasteiger partial charge in [0.05, 0.1) is 6.04 Å². The molecule has 0 bridgehead atoms. The molecule has 0 heterocycles. The number of amides is 3. The Kier molecular flexibility index (Phi) is 9.90. The fourth-order valence-corrected chi connectivity index (χ4v) is 4.68. The lowest BCUT2D eigenvalue weighted by Gasteiger charge is -2.31. The van der Waals surface area contributed by atoms with Crippen molar-refractivity contribution in [1.82, 2.24) is 9.80 Å². The summed E-state index contributed by atoms with van der Waals surface area (Å²) < 4.78 is 0. The Balaban J connectivity index is 1.49. The Morgan fingerprint density at radius 1 is 0.744 bits per heavy atom. The molecule has 1 N–H and O–H groups in total. The first-order chi connectivity index (χ1) is 19.0. The summed E-state index contributed by atoms with van der Waals surface area (Å²) in [6.07, 6.45) is 1.01. The van der Waals surface area contributed by atoms with Gasteiger partial charge in [0.2, 0.25) is 5.91 Å². The topological polar surface area (TPSA) is 52.7 Å². The number of carbonyl (C=O) groups excluding carboxylic acids is 2. The van der Waals surface area contributed by atoms with Gasteiger partial charge < -0.3 is 15.1 Å². The standard InChI is InChI=1S/C34H37N3O2/c1-27-13-12-20-32(25-27)35-34(39)37(28(2)31-18-10-5-11-19-31)24-22-33(38)36(26-30-16-8-4-9-17-30)23-21-29-14-6-3-7-15-29/h3-20,25,28H,21-24,26H2,1-2H3,(H,35,39). The third kappa shape index (κ3) is 8.30. The molecule has 0 saturated carbocycles. The van der Waals surface area contributed by atoms with Gasteiger partial charge in [-0.3, -0.25) is 4.79 Å². The van der Waals surface area contributed by atoms with Gasteiger partial charge in [-0.15, -0.1) is 0 Å². The van der Waals surface area contributed by atoms with Crippen LogP contribution in [0, 0.1) is 6.92 Å². The minimum absolute atomic E-state index is 0.0309. The van der Waals surface area contributed by atoms with Crippen LogP contribution in [0.1, 0.15) is 41.6 Å². The van der Waals surface area contributed by atoms with E-state index in [9.17, 15) is 9.59 Å². The molecule has 1 atom stereocenters. The summed E-state index contributed by atoms with van der Waals surface area (Å²) in [5.41, 5.74) is 5.12. The van der Waals surface area contributed by atoms with Crippen LogP contribution in [0.2, 0.25) is 0 Å². The first-order valence-electron chi connectivity index (χ1n) is 13.5. The van der Waals surface area contributed by atoms with Crippen molar-refractivity contribution in [3.63, 3.8) is 0 Å². The average molecular weight is 520 g/mol. The molecule has 4 rings (SSSR count). The van der Waals surface area contributed by atoms with Crippen molar-refractivity contribution in [1.29, 1.82) is 0 Å². The highest BCUT2D eigenvalue weighted by Gasteiger charge is 2.24. The fraction of sp³-hybridized carbons (Fsp3) is 0.235. The van der Waals surface area contributed by atoms with Crippen LogP contribution in [-0.4, -0.2) is 34.8 Å². The average Bonchev–Trinajstić information content (AvgIpc) is 2.96. The maximum Gasteiger partial charge on any atom is 0.322 e. The molecule has 4 aromatic carbocycles. The van der Waals surface area contributed by atoms with Gasteiger partial charge in [0.25, 0.3) is 0 Å². The van der Waals surface area contributed by atoms with Crippen LogP contribution in [0.4, 0.5) is 10.5 Å². The molecule has 39 heavy (non-hydrogen) atoms. The lowest BCUT2D eigenvalue weighted by Crippen LogP contribution is -2.41. The van der Waals surface area contributed by atoms with Crippen LogP contribution in [0.15, 0.2) is 115 Å². The Morgan fingerprint density at radius 2 is 1.36 bits per heavy atom. The third-order valence-electron chi connectivity index (χ3n) is 6.93. The zero-order chi connectivity index (χ0) is 27.5. The van der Waals surface area contributed by atoms with Crippen molar-refractivity contribution in [2.24, 2.45) is 0 Å². The van der Waals surface area contributed by atoms with E-state index >= 15 is 0 Å². The fourth-order valence-electron chi connectivity index (χ4n) is 4.68. The van der Waals surface area contributed by atoms with E-state index < -0.39 is 0 Å². The van der Waals surface area contributed by atoms with Crippen molar-refractivity contribution in [3.05, 3.63) is 138 Å². The van der Waals surface area contributed by atoms with Crippen LogP contribution < -0.4 is 5.32 Å². The molecule has 0 saturated heterocycles. The summed E-state index contributed by atoms with van der Waals surface area (Å²) in [5.74, 6) is 0.0309. The predicted octanol–water partition coefficient (Wildman–Crippen LogP) is 7.25. The van der Waals surface area contributed by atoms with E-state index in [1.165, 1.54) is 5.56 Å². The number of hydrogen-bond acceptors (Lipinski definition) is 2. The Bertz CT molecular complexity index is 1330. The first-order valence-corrected chi connectivity index (χ1v) is 13.5. The molecule has 0 aliphatic rings. The molecule has 4 aromatic rings. The van der Waals surface area contributed by atoms with E-state index in [0.29, 0.717) is 19.6 Å². The van der Waals surface area contributed by atoms with Gasteiger partial charge >= 0.3 is 6.03 Å². The number of anilines is 1. The number of hydrogen-bond donors (Lipinski definition) is 1. The Hall–Kier alpha value is -4.38. The molecule has 5 heteroatoms. The minimum atomic E-state index is -0.219. The Morgan fingerprint density at radius 3 is 2.00 bits per heavy atom. The van der Waals surface area contributed by atoms with Gasteiger partial charge in [-0.25, -0.2) is 4.79 Å². The van der Waals surface area contributed by atoms with Gasteiger partial charge in [0, 0.05) is 31.7 Å². The van der Waals surface area contributed by atoms with E-state index in [4.69, 9.17) is 0 Å². The summed E-state index contributed by atoms with van der Waals surface area (Å²) in [5, 5.41) is 3.04. The van der Waals surface area contributed by atoms with Gasteiger partial charge in [0.15, 0.2) is 0 Å². The molecule has 200 valence electrons. The van der Waals surface area contributed by atoms with Gasteiger partial charge in [0.1, 0.15) is 0 Å². The van der Waals surface area contributed by atoms with Crippen LogP contribution in [0.25, 0.3) is 0 Å². The minimum Gasteiger partial charge on any atom is -0.338 e. The number of nitrogens with one attached hydrogen (secondary N) is 1. The molecule has 5 nitrogen and oxygen atoms in total. The molecule has 0 radical (unpaired) electrons. The zero-order valence-corrected chi connectivity index (χ0v) is 22.8. The smallest absolute Gasteiger partial charge is 0.322 e. The van der Waals surface area contributed by atoms with E-state index in [0.717, 1.165) is 28.8 Å². The number of benzene rings is 4. The summed E-state index contributed by atoms with van der Waals surface area (Å²) >= 11 is 0. The number of carbonyl (C=O) groups is 2.